The van der Waals surface area contributed by atoms with E-state index in [1.54, 1.807) is 7.11 Å². The number of ether oxygens (including phenoxy) is 2. The third-order valence-electron chi connectivity index (χ3n) is 3.95. The summed E-state index contributed by atoms with van der Waals surface area (Å²) < 4.78 is 10.9. The Morgan fingerprint density at radius 3 is 2.68 bits per heavy atom. The van der Waals surface area contributed by atoms with Gasteiger partial charge in [0, 0.05) is 11.4 Å². The summed E-state index contributed by atoms with van der Waals surface area (Å²) in [5, 5.41) is 0. The molecule has 1 saturated carbocycles. The maximum Gasteiger partial charge on any atom is 0.119 e. The minimum atomic E-state index is 0.436. The molecule has 0 bridgehead atoms. The molecule has 0 amide bonds. The average molecular weight is 327 g/mol. The third kappa shape index (κ3) is 3.73. The van der Waals surface area contributed by atoms with Crippen molar-refractivity contribution in [1.29, 1.82) is 0 Å². The zero-order valence-electron chi connectivity index (χ0n) is 12.0. The van der Waals surface area contributed by atoms with Crippen molar-refractivity contribution in [3.8, 4) is 5.75 Å². The Balaban J connectivity index is 1.88. The molecule has 19 heavy (non-hydrogen) atoms. The van der Waals surface area contributed by atoms with E-state index in [1.807, 2.05) is 6.07 Å². The van der Waals surface area contributed by atoms with E-state index < -0.39 is 0 Å². The maximum atomic E-state index is 5.62. The number of alkyl halides is 1. The van der Waals surface area contributed by atoms with E-state index in [1.165, 1.54) is 30.4 Å². The number of rotatable bonds is 6. The van der Waals surface area contributed by atoms with Crippen LogP contribution in [-0.4, -0.2) is 19.8 Å². The monoisotopic (exact) mass is 326 g/mol. The van der Waals surface area contributed by atoms with Crippen LogP contribution in [0.1, 0.15) is 42.1 Å². The predicted octanol–water partition coefficient (Wildman–Crippen LogP) is 4.64. The fraction of sp³-hybridized carbons (Fsp3) is 0.625. The van der Waals surface area contributed by atoms with Gasteiger partial charge in [-0.15, -0.1) is 0 Å². The highest BCUT2D eigenvalue weighted by atomic mass is 79.9. The van der Waals surface area contributed by atoms with Crippen LogP contribution in [0.25, 0.3) is 0 Å². The first-order valence-corrected chi connectivity index (χ1v) is 7.95. The summed E-state index contributed by atoms with van der Waals surface area (Å²) in [6.45, 7) is 5.06. The van der Waals surface area contributed by atoms with Gasteiger partial charge in [-0.3, -0.25) is 0 Å². The topological polar surface area (TPSA) is 18.5 Å². The Morgan fingerprint density at radius 1 is 1.37 bits per heavy atom. The largest absolute Gasteiger partial charge is 0.497 e. The normalized spacial score (nSPS) is 23.8. The molecule has 0 N–H and O–H groups in total. The molecule has 2 nitrogen and oxygen atoms in total. The molecule has 1 aromatic rings. The number of methoxy groups -OCH3 is 1. The van der Waals surface area contributed by atoms with Crippen molar-refractivity contribution in [3.63, 3.8) is 0 Å². The van der Waals surface area contributed by atoms with Crippen molar-refractivity contribution in [2.24, 2.45) is 5.92 Å². The minimum absolute atomic E-state index is 0.436. The average Bonchev–Trinajstić information content (AvgIpc) is 2.35. The summed E-state index contributed by atoms with van der Waals surface area (Å²) in [7, 11) is 1.71. The van der Waals surface area contributed by atoms with E-state index in [-0.39, 0.29) is 0 Å². The number of halogens is 1. The van der Waals surface area contributed by atoms with Crippen LogP contribution in [-0.2, 0) is 4.74 Å². The first-order chi connectivity index (χ1) is 9.13. The van der Waals surface area contributed by atoms with Crippen LogP contribution in [0.3, 0.4) is 0 Å². The van der Waals surface area contributed by atoms with E-state index in [0.29, 0.717) is 10.9 Å². The minimum Gasteiger partial charge on any atom is -0.497 e. The van der Waals surface area contributed by atoms with Gasteiger partial charge in [0.2, 0.25) is 0 Å². The van der Waals surface area contributed by atoms with Gasteiger partial charge in [0.15, 0.2) is 0 Å². The third-order valence-corrected chi connectivity index (χ3v) is 4.82. The Morgan fingerprint density at radius 2 is 2.11 bits per heavy atom. The molecule has 2 rings (SSSR count). The lowest BCUT2D eigenvalue weighted by atomic mass is 9.78. The number of hydrogen-bond donors (Lipinski definition) is 0. The first-order valence-electron chi connectivity index (χ1n) is 7.04. The second-order valence-electron chi connectivity index (χ2n) is 5.34. The lowest BCUT2D eigenvalue weighted by Gasteiger charge is -2.36. The second-order valence-corrected chi connectivity index (χ2v) is 6.45. The molecule has 1 aliphatic carbocycles. The second kappa shape index (κ2) is 6.76. The SMILES string of the molecule is CCOC1CC(CC(Br)c2ccc(OC)cc2C)C1. The smallest absolute Gasteiger partial charge is 0.119 e. The van der Waals surface area contributed by atoms with Crippen molar-refractivity contribution in [2.45, 2.75) is 44.0 Å². The molecule has 0 radical (unpaired) electrons. The Hall–Kier alpha value is -0.540. The molecule has 0 aliphatic heterocycles. The molecule has 0 spiro atoms. The van der Waals surface area contributed by atoms with Crippen molar-refractivity contribution in [2.75, 3.05) is 13.7 Å². The van der Waals surface area contributed by atoms with E-state index in [9.17, 15) is 0 Å². The summed E-state index contributed by atoms with van der Waals surface area (Å²) in [6, 6.07) is 6.32. The molecule has 1 atom stereocenters. The molecular formula is C16H23BrO2. The van der Waals surface area contributed by atoms with E-state index in [4.69, 9.17) is 9.47 Å². The quantitative estimate of drug-likeness (QED) is 0.709. The molecular weight excluding hydrogens is 304 g/mol. The zero-order valence-corrected chi connectivity index (χ0v) is 13.6. The van der Waals surface area contributed by atoms with Gasteiger partial charge in [0.25, 0.3) is 0 Å². The van der Waals surface area contributed by atoms with Crippen molar-refractivity contribution < 1.29 is 9.47 Å². The molecule has 0 aromatic heterocycles. The fourth-order valence-electron chi connectivity index (χ4n) is 2.79. The van der Waals surface area contributed by atoms with E-state index in [2.05, 4.69) is 41.9 Å². The molecule has 3 heteroatoms. The summed E-state index contributed by atoms with van der Waals surface area (Å²) >= 11 is 3.84. The Kier molecular flexibility index (Phi) is 5.28. The van der Waals surface area contributed by atoms with Gasteiger partial charge < -0.3 is 9.47 Å². The summed E-state index contributed by atoms with van der Waals surface area (Å²) in [5.74, 6) is 1.73. The zero-order chi connectivity index (χ0) is 13.8. The number of aryl methyl sites for hydroxylation is 1. The fourth-order valence-corrected chi connectivity index (χ4v) is 3.83. The molecule has 106 valence electrons. The standard InChI is InChI=1S/C16H23BrO2/c1-4-19-14-8-12(9-14)10-16(17)15-6-5-13(18-3)7-11(15)2/h5-7,12,14,16H,4,8-10H2,1-3H3. The van der Waals surface area contributed by atoms with Crippen LogP contribution in [0.4, 0.5) is 0 Å². The Labute approximate surface area is 124 Å². The van der Waals surface area contributed by atoms with Gasteiger partial charge in [-0.05, 0) is 62.3 Å². The highest BCUT2D eigenvalue weighted by molar-refractivity contribution is 9.09. The van der Waals surface area contributed by atoms with Crippen LogP contribution in [0.5, 0.6) is 5.75 Å². The summed E-state index contributed by atoms with van der Waals surface area (Å²) in [6.07, 6.45) is 4.12. The first kappa shape index (κ1) is 14.9. The Bertz CT molecular complexity index is 413. The van der Waals surface area contributed by atoms with Crippen molar-refractivity contribution in [3.05, 3.63) is 29.3 Å². The van der Waals surface area contributed by atoms with Gasteiger partial charge in [-0.2, -0.15) is 0 Å². The summed E-state index contributed by atoms with van der Waals surface area (Å²) in [5.41, 5.74) is 2.67. The van der Waals surface area contributed by atoms with E-state index in [0.717, 1.165) is 18.3 Å². The highest BCUT2D eigenvalue weighted by Gasteiger charge is 2.31. The summed E-state index contributed by atoms with van der Waals surface area (Å²) in [4.78, 5) is 0.436. The van der Waals surface area contributed by atoms with Crippen LogP contribution < -0.4 is 4.74 Å². The van der Waals surface area contributed by atoms with Gasteiger partial charge in [0.1, 0.15) is 5.75 Å². The maximum absolute atomic E-state index is 5.62. The van der Waals surface area contributed by atoms with Gasteiger partial charge >= 0.3 is 0 Å². The van der Waals surface area contributed by atoms with Gasteiger partial charge in [0.05, 0.1) is 13.2 Å². The number of hydrogen-bond acceptors (Lipinski definition) is 2. The van der Waals surface area contributed by atoms with Crippen LogP contribution in [0.15, 0.2) is 18.2 Å². The lowest BCUT2D eigenvalue weighted by Crippen LogP contribution is -2.31. The molecule has 1 fully saturated rings. The number of benzene rings is 1. The van der Waals surface area contributed by atoms with Crippen LogP contribution >= 0.6 is 15.9 Å². The van der Waals surface area contributed by atoms with Crippen LogP contribution in [0, 0.1) is 12.8 Å². The lowest BCUT2D eigenvalue weighted by molar-refractivity contribution is -0.0264. The van der Waals surface area contributed by atoms with Gasteiger partial charge in [-0.1, -0.05) is 22.0 Å². The van der Waals surface area contributed by atoms with Gasteiger partial charge in [-0.25, -0.2) is 0 Å². The molecule has 1 unspecified atom stereocenters. The predicted molar refractivity (Wildman–Crippen MR) is 82.2 cm³/mol. The molecule has 0 heterocycles. The molecule has 1 aromatic carbocycles. The van der Waals surface area contributed by atoms with Crippen LogP contribution in [0.2, 0.25) is 0 Å². The molecule has 1 aliphatic rings. The highest BCUT2D eigenvalue weighted by Crippen LogP contribution is 2.41. The van der Waals surface area contributed by atoms with Crippen molar-refractivity contribution >= 4 is 15.9 Å². The van der Waals surface area contributed by atoms with E-state index >= 15 is 0 Å². The molecule has 0 saturated heterocycles. The van der Waals surface area contributed by atoms with Crippen molar-refractivity contribution in [1.82, 2.24) is 0 Å².